The molecule has 12 atom stereocenters. The lowest BCUT2D eigenvalue weighted by Crippen LogP contribution is -2.89. The van der Waals surface area contributed by atoms with Gasteiger partial charge in [0.15, 0.2) is 17.8 Å². The molecule has 0 unspecified atom stereocenters. The number of carbonyl (C=O) groups is 7. The molecule has 2 aromatic rings. The molecule has 2 aliphatic carbocycles. The molecule has 1 saturated heterocycles. The molecule has 2 aliphatic heterocycles. The number of fused-ring (bicyclic) bond motifs is 5. The zero-order valence-electron chi connectivity index (χ0n) is 33.5. The Kier molecular flexibility index (Phi) is 11.7. The summed E-state index contributed by atoms with van der Waals surface area (Å²) in [6, 6.07) is 10.4. The Labute approximate surface area is 338 Å². The maximum Gasteiger partial charge on any atom is 0.340 e. The van der Waals surface area contributed by atoms with Crippen molar-refractivity contribution < 1.29 is 81.7 Å². The number of carbonyl (C=O) groups excluding carboxylic acids is 7. The molecule has 3 fully saturated rings. The molecule has 1 spiro atoms. The number of aliphatic hydroxyl groups excluding tert-OH is 1. The van der Waals surface area contributed by atoms with Gasteiger partial charge in [-0.1, -0.05) is 25.1 Å². The van der Waals surface area contributed by atoms with Crippen LogP contribution >= 0.6 is 0 Å². The van der Waals surface area contributed by atoms with Gasteiger partial charge in [0.1, 0.15) is 54.2 Å². The molecule has 6 rings (SSSR count). The minimum absolute atomic E-state index is 0.0368. The quantitative estimate of drug-likeness (QED) is 0.297. The number of rotatable bonds is 7. The van der Waals surface area contributed by atoms with Crippen LogP contribution in [0.1, 0.15) is 81.3 Å². The van der Waals surface area contributed by atoms with Gasteiger partial charge in [-0.25, -0.2) is 9.59 Å². The van der Waals surface area contributed by atoms with Crippen molar-refractivity contribution in [3.63, 3.8) is 0 Å². The number of aliphatic hydroxyl groups is 2. The first kappa shape index (κ1) is 43.1. The highest BCUT2D eigenvalue weighted by molar-refractivity contribution is 5.91. The Morgan fingerprint density at radius 1 is 0.847 bits per heavy atom. The number of hydrogen-bond acceptors (Lipinski definition) is 18. The third-order valence-electron chi connectivity index (χ3n) is 11.8. The maximum absolute atomic E-state index is 14.2. The largest absolute Gasteiger partial charge is 0.465 e. The minimum Gasteiger partial charge on any atom is -0.465 e. The molecular weight excluding hydrogens is 778 g/mol. The van der Waals surface area contributed by atoms with Crippen molar-refractivity contribution >= 4 is 41.8 Å². The van der Waals surface area contributed by atoms with Gasteiger partial charge in [0.2, 0.25) is 0 Å². The standard InChI is InChI=1S/C41H47NO17/c1-20-15-16-27-26(14-11-17-42-27)37(50)53-18-38(6)28-30(54-22(3)44)34(56-24(5)46)40(19-52-21(2)43)33(58-36(49)25-12-9-8-10-13-25)29(47)32(57-35(20)48)39(7,51)41(40,59-38)31(28)55-23(4)45/h8-14,17,20,28-34,47,51H,15-16,18-19H2,1-7H3/t20-,28+,29-,30+,31+,32+,33-,34+,38-,39-,40-,41-/m0/s1. The molecular formula is C41H47NO17. The summed E-state index contributed by atoms with van der Waals surface area (Å²) in [5, 5.41) is 25.9. The van der Waals surface area contributed by atoms with E-state index in [1.165, 1.54) is 56.4 Å². The SMILES string of the molecule is CC(=O)OC[C@]12[C@H](OC(C)=O)[C@H](OC(C)=O)[C@@H]3[C@@H](OC(C)=O)[C@@]14O[C@@]3(C)COC(=O)c1cccnc1CC[C@H](C)C(=O)O[C@H]([C@H](O)[C@@H]2OC(=O)c1ccccc1)[C@]4(C)O. The summed E-state index contributed by atoms with van der Waals surface area (Å²) < 4.78 is 48.8. The normalized spacial score (nSPS) is 36.3. The van der Waals surface area contributed by atoms with Gasteiger partial charge in [-0.15, -0.1) is 0 Å². The van der Waals surface area contributed by atoms with E-state index in [2.05, 4.69) is 4.98 Å². The van der Waals surface area contributed by atoms with Crippen LogP contribution in [0.3, 0.4) is 0 Å². The van der Waals surface area contributed by atoms with Gasteiger partial charge in [-0.05, 0) is 51.0 Å². The van der Waals surface area contributed by atoms with Crippen LogP contribution in [0, 0.1) is 17.3 Å². The fourth-order valence-corrected chi connectivity index (χ4v) is 9.45. The van der Waals surface area contributed by atoms with Crippen LogP contribution in [0.15, 0.2) is 48.7 Å². The number of nitrogens with zero attached hydrogens (tertiary/aromatic N) is 1. The first-order chi connectivity index (χ1) is 27.7. The van der Waals surface area contributed by atoms with Crippen LogP contribution in [-0.4, -0.2) is 124 Å². The van der Waals surface area contributed by atoms with Crippen LogP contribution in [0.4, 0.5) is 0 Å². The van der Waals surface area contributed by atoms with Gasteiger partial charge < -0.3 is 48.1 Å². The monoisotopic (exact) mass is 825 g/mol. The molecule has 318 valence electrons. The van der Waals surface area contributed by atoms with E-state index in [-0.39, 0.29) is 29.7 Å². The van der Waals surface area contributed by atoms with Gasteiger partial charge in [0.05, 0.1) is 28.7 Å². The number of benzene rings is 1. The van der Waals surface area contributed by atoms with E-state index in [0.29, 0.717) is 0 Å². The second-order valence-corrected chi connectivity index (χ2v) is 15.8. The molecule has 59 heavy (non-hydrogen) atoms. The van der Waals surface area contributed by atoms with Gasteiger partial charge in [-0.2, -0.15) is 0 Å². The smallest absolute Gasteiger partial charge is 0.340 e. The summed E-state index contributed by atoms with van der Waals surface area (Å²) in [6.07, 6.45) is -10.7. The minimum atomic E-state index is -2.80. The van der Waals surface area contributed by atoms with Crippen LogP contribution in [0.5, 0.6) is 0 Å². The Morgan fingerprint density at radius 3 is 2.12 bits per heavy atom. The lowest BCUT2D eigenvalue weighted by Gasteiger charge is -2.67. The Morgan fingerprint density at radius 2 is 1.49 bits per heavy atom. The molecule has 4 aliphatic rings. The molecule has 0 amide bonds. The van der Waals surface area contributed by atoms with E-state index in [9.17, 15) is 43.8 Å². The Balaban J connectivity index is 1.74. The van der Waals surface area contributed by atoms with Crippen LogP contribution < -0.4 is 0 Å². The maximum atomic E-state index is 14.2. The third-order valence-corrected chi connectivity index (χ3v) is 11.8. The number of aromatic nitrogens is 1. The van der Waals surface area contributed by atoms with Crippen molar-refractivity contribution in [3.05, 3.63) is 65.5 Å². The average Bonchev–Trinajstić information content (AvgIpc) is 3.39. The third kappa shape index (κ3) is 7.20. The Bertz CT molecular complexity index is 2020. The molecule has 2 saturated carbocycles. The van der Waals surface area contributed by atoms with E-state index < -0.39 is 126 Å². The second-order valence-electron chi connectivity index (χ2n) is 15.8. The number of esters is 7. The molecule has 3 heterocycles. The van der Waals surface area contributed by atoms with Crippen LogP contribution in [0.25, 0.3) is 0 Å². The molecule has 2 N–H and O–H groups in total. The summed E-state index contributed by atoms with van der Waals surface area (Å²) in [4.78, 5) is 99.0. The lowest BCUT2D eigenvalue weighted by atomic mass is 9.45. The molecule has 1 aromatic carbocycles. The lowest BCUT2D eigenvalue weighted by molar-refractivity contribution is -0.385. The van der Waals surface area contributed by atoms with Gasteiger partial charge >= 0.3 is 41.8 Å². The molecule has 0 radical (unpaired) electrons. The summed E-state index contributed by atoms with van der Waals surface area (Å²) in [5.74, 6) is -9.44. The van der Waals surface area contributed by atoms with Crippen molar-refractivity contribution in [2.45, 2.75) is 115 Å². The van der Waals surface area contributed by atoms with Crippen molar-refractivity contribution in [2.75, 3.05) is 13.2 Å². The predicted octanol–water partition coefficient (Wildman–Crippen LogP) is 1.59. The number of cyclic esters (lactones) is 1. The molecule has 4 bridgehead atoms. The summed E-state index contributed by atoms with van der Waals surface area (Å²) in [7, 11) is 0. The zero-order valence-corrected chi connectivity index (χ0v) is 33.5. The second kappa shape index (κ2) is 16.0. The summed E-state index contributed by atoms with van der Waals surface area (Å²) in [5.41, 5.74) is -9.95. The van der Waals surface area contributed by atoms with E-state index in [1.54, 1.807) is 6.07 Å². The highest BCUT2D eigenvalue weighted by Crippen LogP contribution is 2.70. The molecule has 1 aromatic heterocycles. The highest BCUT2D eigenvalue weighted by Gasteiger charge is 2.91. The van der Waals surface area contributed by atoms with Crippen molar-refractivity contribution in [1.29, 1.82) is 0 Å². The number of hydrogen-bond donors (Lipinski definition) is 2. The Hall–Kier alpha value is -5.46. The number of pyridine rings is 1. The fourth-order valence-electron chi connectivity index (χ4n) is 9.45. The summed E-state index contributed by atoms with van der Waals surface area (Å²) in [6.45, 7) is 6.27. The fraction of sp³-hybridized carbons (Fsp3) is 0.561. The van der Waals surface area contributed by atoms with Crippen LogP contribution in [0.2, 0.25) is 0 Å². The average molecular weight is 826 g/mol. The molecule has 18 heteroatoms. The zero-order chi connectivity index (χ0) is 43.2. The van der Waals surface area contributed by atoms with Crippen molar-refractivity contribution in [1.82, 2.24) is 4.98 Å². The van der Waals surface area contributed by atoms with Crippen molar-refractivity contribution in [2.24, 2.45) is 17.3 Å². The molecule has 18 nitrogen and oxygen atoms in total. The summed E-state index contributed by atoms with van der Waals surface area (Å²) >= 11 is 0. The highest BCUT2D eigenvalue weighted by atomic mass is 16.7. The topological polar surface area (TPSA) is 247 Å². The van der Waals surface area contributed by atoms with Crippen molar-refractivity contribution in [3.8, 4) is 0 Å². The number of aryl methyl sites for hydroxylation is 1. The van der Waals surface area contributed by atoms with E-state index in [0.717, 1.165) is 34.6 Å². The van der Waals surface area contributed by atoms with Gasteiger partial charge in [0.25, 0.3) is 0 Å². The first-order valence-corrected chi connectivity index (χ1v) is 19.0. The van der Waals surface area contributed by atoms with Gasteiger partial charge in [-0.3, -0.25) is 29.0 Å². The first-order valence-electron chi connectivity index (χ1n) is 19.0. The van der Waals surface area contributed by atoms with Gasteiger partial charge in [0, 0.05) is 33.9 Å². The predicted molar refractivity (Wildman–Crippen MR) is 196 cm³/mol. The number of ether oxygens (including phenoxy) is 8. The van der Waals surface area contributed by atoms with E-state index >= 15 is 0 Å². The van der Waals surface area contributed by atoms with E-state index in [1.807, 2.05) is 0 Å². The van der Waals surface area contributed by atoms with E-state index in [4.69, 9.17) is 37.9 Å². The van der Waals surface area contributed by atoms with Crippen LogP contribution in [-0.2, 0) is 68.3 Å².